The first-order chi connectivity index (χ1) is 12.8. The average Bonchev–Trinajstić information content (AvgIpc) is 2.61. The third kappa shape index (κ3) is 4.23. The van der Waals surface area contributed by atoms with Crippen molar-refractivity contribution < 1.29 is 18.7 Å². The van der Waals surface area contributed by atoms with Gasteiger partial charge in [0.05, 0.1) is 0 Å². The van der Waals surface area contributed by atoms with Crippen LogP contribution in [0.3, 0.4) is 0 Å². The highest BCUT2D eigenvalue weighted by Crippen LogP contribution is 2.21. The molecule has 6 heteroatoms. The molecule has 1 aromatic heterocycles. The molecule has 0 spiro atoms. The fraction of sp³-hybridized carbons (Fsp3) is 0.190. The van der Waals surface area contributed by atoms with Gasteiger partial charge >= 0.3 is 5.63 Å². The number of nitrogens with one attached hydrogen (secondary N) is 1. The lowest BCUT2D eigenvalue weighted by atomic mass is 10.1. The Labute approximate surface area is 155 Å². The number of amides is 1. The molecule has 1 heterocycles. The van der Waals surface area contributed by atoms with Gasteiger partial charge in [0.2, 0.25) is 0 Å². The first-order valence-corrected chi connectivity index (χ1v) is 8.46. The minimum atomic E-state index is -0.756. The van der Waals surface area contributed by atoms with Gasteiger partial charge in [-0.15, -0.1) is 0 Å². The highest BCUT2D eigenvalue weighted by molar-refractivity contribution is 5.96. The summed E-state index contributed by atoms with van der Waals surface area (Å²) in [5, 5.41) is 3.55. The summed E-state index contributed by atoms with van der Waals surface area (Å²) in [6.45, 7) is 4.93. The molecule has 27 heavy (non-hydrogen) atoms. The van der Waals surface area contributed by atoms with Crippen LogP contribution in [0.25, 0.3) is 11.0 Å². The van der Waals surface area contributed by atoms with Gasteiger partial charge in [0.25, 0.3) is 5.91 Å². The number of rotatable bonds is 5. The first-order valence-electron chi connectivity index (χ1n) is 8.46. The van der Waals surface area contributed by atoms with Crippen LogP contribution in [0, 0.1) is 6.92 Å². The molecule has 3 rings (SSSR count). The molecule has 0 aliphatic carbocycles. The van der Waals surface area contributed by atoms with E-state index in [9.17, 15) is 14.4 Å². The molecule has 0 saturated heterocycles. The Morgan fingerprint density at radius 3 is 2.44 bits per heavy atom. The fourth-order valence-electron chi connectivity index (χ4n) is 2.67. The van der Waals surface area contributed by atoms with Crippen molar-refractivity contribution in [1.82, 2.24) is 0 Å². The lowest BCUT2D eigenvalue weighted by Gasteiger charge is -2.15. The second-order valence-electron chi connectivity index (χ2n) is 6.29. The van der Waals surface area contributed by atoms with Crippen molar-refractivity contribution in [3.05, 3.63) is 70.1 Å². The standard InChI is InChI=1S/C21H19NO5/c1-12-10-20(24)27-19-11-16(6-9-18(12)19)22-21(25)14(3)26-17-7-4-15(5-8-17)13(2)23/h4-11,14H,1-3H3,(H,22,25)/t14-/m0/s1. The summed E-state index contributed by atoms with van der Waals surface area (Å²) in [6, 6.07) is 13.1. The van der Waals surface area contributed by atoms with Crippen molar-refractivity contribution in [2.45, 2.75) is 26.9 Å². The van der Waals surface area contributed by atoms with E-state index in [0.29, 0.717) is 22.6 Å². The van der Waals surface area contributed by atoms with Crippen LogP contribution in [0.1, 0.15) is 29.8 Å². The topological polar surface area (TPSA) is 85.6 Å². The van der Waals surface area contributed by atoms with Gasteiger partial charge in [-0.25, -0.2) is 4.79 Å². The predicted octanol–water partition coefficient (Wildman–Crippen LogP) is 3.71. The molecule has 0 unspecified atom stereocenters. The maximum absolute atomic E-state index is 12.4. The molecule has 3 aromatic rings. The molecule has 2 aromatic carbocycles. The van der Waals surface area contributed by atoms with Gasteiger partial charge in [-0.1, -0.05) is 0 Å². The van der Waals surface area contributed by atoms with Crippen LogP contribution in [-0.2, 0) is 4.79 Å². The Morgan fingerprint density at radius 2 is 1.78 bits per heavy atom. The van der Waals surface area contributed by atoms with Gasteiger partial charge in [0.1, 0.15) is 11.3 Å². The molecule has 138 valence electrons. The third-order valence-corrected chi connectivity index (χ3v) is 4.16. The van der Waals surface area contributed by atoms with E-state index in [1.54, 1.807) is 49.4 Å². The zero-order valence-electron chi connectivity index (χ0n) is 15.2. The van der Waals surface area contributed by atoms with Gasteiger partial charge in [-0.05, 0) is 62.7 Å². The number of benzene rings is 2. The Kier molecular flexibility index (Phi) is 5.07. The summed E-state index contributed by atoms with van der Waals surface area (Å²) in [6.07, 6.45) is -0.756. The molecule has 1 amide bonds. The largest absolute Gasteiger partial charge is 0.481 e. The smallest absolute Gasteiger partial charge is 0.336 e. The fourth-order valence-corrected chi connectivity index (χ4v) is 2.67. The number of aryl methyl sites for hydroxylation is 1. The van der Waals surface area contributed by atoms with Crippen molar-refractivity contribution >= 4 is 28.3 Å². The van der Waals surface area contributed by atoms with Crippen LogP contribution in [0.2, 0.25) is 0 Å². The zero-order valence-corrected chi connectivity index (χ0v) is 15.2. The predicted molar refractivity (Wildman–Crippen MR) is 102 cm³/mol. The highest BCUT2D eigenvalue weighted by atomic mass is 16.5. The summed E-state index contributed by atoms with van der Waals surface area (Å²) >= 11 is 0. The van der Waals surface area contributed by atoms with Crippen molar-refractivity contribution in [3.8, 4) is 5.75 Å². The molecule has 0 aliphatic heterocycles. The lowest BCUT2D eigenvalue weighted by Crippen LogP contribution is -2.30. The van der Waals surface area contributed by atoms with Crippen molar-refractivity contribution in [3.63, 3.8) is 0 Å². The Hall–Kier alpha value is -3.41. The number of carbonyl (C=O) groups excluding carboxylic acids is 2. The monoisotopic (exact) mass is 365 g/mol. The maximum atomic E-state index is 12.4. The minimum Gasteiger partial charge on any atom is -0.481 e. The van der Waals surface area contributed by atoms with E-state index in [1.165, 1.54) is 13.0 Å². The van der Waals surface area contributed by atoms with Crippen molar-refractivity contribution in [2.75, 3.05) is 5.32 Å². The minimum absolute atomic E-state index is 0.0365. The second-order valence-corrected chi connectivity index (χ2v) is 6.29. The summed E-state index contributed by atoms with van der Waals surface area (Å²) in [5.41, 5.74) is 1.86. The van der Waals surface area contributed by atoms with Crippen LogP contribution < -0.4 is 15.7 Å². The van der Waals surface area contributed by atoms with Gasteiger partial charge in [0, 0.05) is 28.8 Å². The number of fused-ring (bicyclic) bond motifs is 1. The summed E-state index contributed by atoms with van der Waals surface area (Å²) in [4.78, 5) is 35.2. The quantitative estimate of drug-likeness (QED) is 0.550. The Bertz CT molecular complexity index is 1070. The molecule has 1 atom stereocenters. The summed E-state index contributed by atoms with van der Waals surface area (Å²) in [7, 11) is 0. The number of ether oxygens (including phenoxy) is 1. The number of hydrogen-bond donors (Lipinski definition) is 1. The molecule has 6 nitrogen and oxygen atoms in total. The van der Waals surface area contributed by atoms with Crippen LogP contribution >= 0.6 is 0 Å². The molecule has 0 saturated carbocycles. The van der Waals surface area contributed by atoms with Crippen molar-refractivity contribution in [1.29, 1.82) is 0 Å². The number of carbonyl (C=O) groups is 2. The highest BCUT2D eigenvalue weighted by Gasteiger charge is 2.16. The maximum Gasteiger partial charge on any atom is 0.336 e. The van der Waals surface area contributed by atoms with E-state index >= 15 is 0 Å². The van der Waals surface area contributed by atoms with Crippen LogP contribution in [0.5, 0.6) is 5.75 Å². The van der Waals surface area contributed by atoms with Crippen LogP contribution in [0.4, 0.5) is 5.69 Å². The first kappa shape index (κ1) is 18.4. The van der Waals surface area contributed by atoms with Crippen molar-refractivity contribution in [2.24, 2.45) is 0 Å². The van der Waals surface area contributed by atoms with Crippen LogP contribution in [-0.4, -0.2) is 17.8 Å². The molecule has 0 radical (unpaired) electrons. The molecule has 0 aliphatic rings. The Morgan fingerprint density at radius 1 is 1.07 bits per heavy atom. The van der Waals surface area contributed by atoms with E-state index in [0.717, 1.165) is 10.9 Å². The zero-order chi connectivity index (χ0) is 19.6. The number of Topliss-reactive ketones (excluding diaryl/α,β-unsaturated/α-hetero) is 1. The number of hydrogen-bond acceptors (Lipinski definition) is 5. The lowest BCUT2D eigenvalue weighted by molar-refractivity contribution is -0.122. The van der Waals surface area contributed by atoms with Gasteiger partial charge in [-0.2, -0.15) is 0 Å². The molecule has 0 bridgehead atoms. The summed E-state index contributed by atoms with van der Waals surface area (Å²) < 4.78 is 10.8. The van der Waals surface area contributed by atoms with E-state index in [-0.39, 0.29) is 11.7 Å². The van der Waals surface area contributed by atoms with Crippen LogP contribution in [0.15, 0.2) is 57.7 Å². The third-order valence-electron chi connectivity index (χ3n) is 4.16. The SMILES string of the molecule is CC(=O)c1ccc(O[C@@H](C)C(=O)Nc2ccc3c(C)cc(=O)oc3c2)cc1. The van der Waals surface area contributed by atoms with E-state index in [1.807, 2.05) is 6.92 Å². The van der Waals surface area contributed by atoms with E-state index in [2.05, 4.69) is 5.32 Å². The second kappa shape index (κ2) is 7.45. The van der Waals surface area contributed by atoms with Gasteiger partial charge in [0.15, 0.2) is 11.9 Å². The number of anilines is 1. The summed E-state index contributed by atoms with van der Waals surface area (Å²) in [5.74, 6) is 0.105. The molecule has 0 fully saturated rings. The molecular formula is C21H19NO5. The normalized spacial score (nSPS) is 11.8. The van der Waals surface area contributed by atoms with Gasteiger partial charge < -0.3 is 14.5 Å². The average molecular weight is 365 g/mol. The molecular weight excluding hydrogens is 346 g/mol. The van der Waals surface area contributed by atoms with E-state index < -0.39 is 11.7 Å². The number of ketones is 1. The molecule has 1 N–H and O–H groups in total. The van der Waals surface area contributed by atoms with Gasteiger partial charge in [-0.3, -0.25) is 9.59 Å². The Balaban J connectivity index is 1.71. The van der Waals surface area contributed by atoms with E-state index in [4.69, 9.17) is 9.15 Å².